The van der Waals surface area contributed by atoms with Crippen LogP contribution in [0.15, 0.2) is 37.0 Å². The monoisotopic (exact) mass is 780 g/mol. The topological polar surface area (TPSA) is 231 Å². The van der Waals surface area contributed by atoms with Crippen molar-refractivity contribution in [1.82, 2.24) is 61.0 Å². The molecule has 4 aliphatic heterocycles. The van der Waals surface area contributed by atoms with Gasteiger partial charge in [-0.1, -0.05) is 46.2 Å². The average Bonchev–Trinajstić information content (AvgIpc) is 3.85. The minimum atomic E-state index is -1.19. The third-order valence-corrected chi connectivity index (χ3v) is 14.2. The summed E-state index contributed by atoms with van der Waals surface area (Å²) in [7, 11) is 0. The molecule has 0 radical (unpaired) electrons. The zero-order valence-corrected chi connectivity index (χ0v) is 30.1. The third-order valence-electron chi connectivity index (χ3n) is 7.67. The number of aliphatic carboxylic acids is 1. The van der Waals surface area contributed by atoms with Gasteiger partial charge in [0.25, 0.3) is 0 Å². The SMILES string of the molecule is Cc1nnc(SCC2=CS[C@@H]3[C@H](NC(=O)C4C(CSc5nnc(C)s5)=CS[C@@H]5[C@H](NC(=O)Cn6cnnn6)C(=O)N45)C(=O)N3C2C(=O)O)s1. The van der Waals surface area contributed by atoms with Crippen LogP contribution in [0.4, 0.5) is 0 Å². The van der Waals surface area contributed by atoms with Crippen molar-refractivity contribution in [2.75, 3.05) is 11.5 Å². The first kappa shape index (κ1) is 33.9. The molecule has 49 heavy (non-hydrogen) atoms. The molecule has 4 aliphatic rings. The van der Waals surface area contributed by atoms with Crippen molar-refractivity contribution in [3.63, 3.8) is 0 Å². The third kappa shape index (κ3) is 6.68. The second-order valence-corrected chi connectivity index (χ2v) is 17.7. The molecular formula is C25H24N12O6S6. The fourth-order valence-electron chi connectivity index (χ4n) is 5.49. The van der Waals surface area contributed by atoms with Gasteiger partial charge >= 0.3 is 5.97 Å². The van der Waals surface area contributed by atoms with Gasteiger partial charge in [-0.05, 0) is 46.2 Å². The maximum Gasteiger partial charge on any atom is 0.330 e. The summed E-state index contributed by atoms with van der Waals surface area (Å²) in [6, 6.07) is -4.17. The Bertz CT molecular complexity index is 1880. The number of carbonyl (C=O) groups is 5. The Hall–Kier alpha value is -3.58. The van der Waals surface area contributed by atoms with E-state index in [2.05, 4.69) is 46.6 Å². The van der Waals surface area contributed by atoms with E-state index in [9.17, 15) is 29.1 Å². The van der Waals surface area contributed by atoms with Crippen LogP contribution in [0.1, 0.15) is 10.0 Å². The van der Waals surface area contributed by atoms with E-state index in [0.717, 1.165) is 10.0 Å². The molecule has 0 aliphatic carbocycles. The minimum Gasteiger partial charge on any atom is -0.479 e. The first-order valence-electron chi connectivity index (χ1n) is 14.3. The Morgan fingerprint density at radius 1 is 0.837 bits per heavy atom. The number of carboxylic acids is 1. The molecule has 0 aromatic carbocycles. The molecule has 3 aromatic heterocycles. The predicted octanol–water partition coefficient (Wildman–Crippen LogP) is -0.0331. The number of amides is 4. The maximum atomic E-state index is 14.0. The fraction of sp³-hybridized carbons (Fsp3) is 0.440. The molecule has 7 heterocycles. The van der Waals surface area contributed by atoms with Crippen molar-refractivity contribution in [2.24, 2.45) is 0 Å². The summed E-state index contributed by atoms with van der Waals surface area (Å²) in [5.74, 6) is -2.61. The highest BCUT2D eigenvalue weighted by Crippen LogP contribution is 2.44. The van der Waals surface area contributed by atoms with Gasteiger partial charge in [-0.2, -0.15) is 0 Å². The van der Waals surface area contributed by atoms with Crippen LogP contribution >= 0.6 is 69.7 Å². The molecule has 0 bridgehead atoms. The van der Waals surface area contributed by atoms with Crippen LogP contribution < -0.4 is 10.6 Å². The number of thioether (sulfide) groups is 4. The number of carbonyl (C=O) groups excluding carboxylic acids is 4. The van der Waals surface area contributed by atoms with Crippen molar-refractivity contribution in [3.05, 3.63) is 38.3 Å². The van der Waals surface area contributed by atoms with E-state index >= 15 is 0 Å². The number of β-lactam (4-membered cyclic amide) rings is 2. The normalized spacial score (nSPS) is 25.8. The maximum absolute atomic E-state index is 14.0. The molecule has 3 aromatic rings. The zero-order valence-electron chi connectivity index (χ0n) is 25.2. The van der Waals surface area contributed by atoms with Crippen molar-refractivity contribution < 1.29 is 29.1 Å². The molecule has 256 valence electrons. The average molecular weight is 781 g/mol. The number of aromatic nitrogens is 8. The summed E-state index contributed by atoms with van der Waals surface area (Å²) < 4.78 is 2.60. The van der Waals surface area contributed by atoms with Crippen LogP contribution in [0, 0.1) is 13.8 Å². The molecule has 3 N–H and O–H groups in total. The molecule has 6 atom stereocenters. The molecule has 0 spiro atoms. The Kier molecular flexibility index (Phi) is 9.66. The fourth-order valence-corrected chi connectivity index (χ4v) is 11.8. The second kappa shape index (κ2) is 14.0. The Labute approximate surface area is 301 Å². The van der Waals surface area contributed by atoms with Gasteiger partial charge in [-0.3, -0.25) is 19.2 Å². The van der Waals surface area contributed by atoms with Crippen LogP contribution in [0.2, 0.25) is 0 Å². The Morgan fingerprint density at radius 2 is 1.39 bits per heavy atom. The molecular weight excluding hydrogens is 757 g/mol. The smallest absolute Gasteiger partial charge is 0.330 e. The molecule has 0 saturated carbocycles. The van der Waals surface area contributed by atoms with Gasteiger partial charge in [0.05, 0.1) is 0 Å². The highest BCUT2D eigenvalue weighted by Gasteiger charge is 2.59. The van der Waals surface area contributed by atoms with E-state index in [-0.39, 0.29) is 6.54 Å². The van der Waals surface area contributed by atoms with Crippen LogP contribution in [0.5, 0.6) is 0 Å². The number of nitrogens with zero attached hydrogens (tertiary/aromatic N) is 10. The molecule has 4 amide bonds. The Morgan fingerprint density at radius 3 is 1.90 bits per heavy atom. The van der Waals surface area contributed by atoms with Gasteiger partial charge in [-0.15, -0.1) is 49.0 Å². The van der Waals surface area contributed by atoms with Gasteiger partial charge in [0.2, 0.25) is 23.6 Å². The molecule has 2 fully saturated rings. The number of fused-ring (bicyclic) bond motifs is 2. The van der Waals surface area contributed by atoms with E-state index in [4.69, 9.17) is 0 Å². The van der Waals surface area contributed by atoms with E-state index in [1.807, 2.05) is 13.8 Å². The number of aryl methyl sites for hydroxylation is 2. The number of hydrogen-bond acceptors (Lipinski definition) is 18. The highest BCUT2D eigenvalue weighted by atomic mass is 32.2. The van der Waals surface area contributed by atoms with Gasteiger partial charge in [-0.25, -0.2) is 9.48 Å². The molecule has 2 saturated heterocycles. The minimum absolute atomic E-state index is 0.190. The van der Waals surface area contributed by atoms with E-state index in [1.165, 1.54) is 90.5 Å². The van der Waals surface area contributed by atoms with Crippen molar-refractivity contribution in [1.29, 1.82) is 0 Å². The molecule has 7 rings (SSSR count). The standard InChI is InChI=1S/C25H24N12O6S6/c1-9-29-31-24(48-9)46-6-11-4-44-21-14(27-13(38)3-35-8-26-33-34-35)19(40)36(21)16(11)18(39)28-15-20(41)37-17(23(42)43)12(5-45-22(15)37)7-47-25-32-30-10(2)49-25/h4-5,8,14-17,21-22H,3,6-7H2,1-2H3,(H,27,38)(H,28,39)(H,42,43)/t14-,15-,16?,17?,21-,22-/m1/s1. The van der Waals surface area contributed by atoms with Crippen LogP contribution in [0.3, 0.4) is 0 Å². The van der Waals surface area contributed by atoms with Crippen molar-refractivity contribution >= 4 is 99.3 Å². The lowest BCUT2D eigenvalue weighted by molar-refractivity contribution is -0.161. The van der Waals surface area contributed by atoms with Gasteiger partial charge in [0.1, 0.15) is 51.8 Å². The zero-order chi connectivity index (χ0) is 34.4. The summed E-state index contributed by atoms with van der Waals surface area (Å²) in [5.41, 5.74) is 1.14. The molecule has 18 nitrogen and oxygen atoms in total. The first-order valence-corrected chi connectivity index (χ1v) is 19.8. The number of nitrogens with one attached hydrogen (secondary N) is 2. The summed E-state index contributed by atoms with van der Waals surface area (Å²) in [4.78, 5) is 68.7. The van der Waals surface area contributed by atoms with E-state index in [1.54, 1.807) is 10.8 Å². The van der Waals surface area contributed by atoms with Crippen molar-refractivity contribution in [2.45, 2.75) is 64.0 Å². The summed E-state index contributed by atoms with van der Waals surface area (Å²) >= 11 is 8.07. The lowest BCUT2D eigenvalue weighted by atomic mass is 9.95. The number of carboxylic acid groups (broad SMARTS) is 1. The Balaban J connectivity index is 1.06. The summed E-state index contributed by atoms with van der Waals surface area (Å²) in [5, 5.41) is 46.4. The van der Waals surface area contributed by atoms with E-state index < -0.39 is 64.5 Å². The van der Waals surface area contributed by atoms with Gasteiger partial charge in [0, 0.05) is 11.5 Å². The van der Waals surface area contributed by atoms with Crippen molar-refractivity contribution in [3.8, 4) is 0 Å². The van der Waals surface area contributed by atoms with Crippen LogP contribution in [-0.2, 0) is 30.5 Å². The van der Waals surface area contributed by atoms with Gasteiger partial charge < -0.3 is 25.5 Å². The van der Waals surface area contributed by atoms with E-state index in [0.29, 0.717) is 31.3 Å². The largest absolute Gasteiger partial charge is 0.479 e. The molecule has 24 heteroatoms. The highest BCUT2D eigenvalue weighted by molar-refractivity contribution is 8.03. The van der Waals surface area contributed by atoms with Gasteiger partial charge in [0.15, 0.2) is 14.7 Å². The first-order chi connectivity index (χ1) is 23.6. The predicted molar refractivity (Wildman–Crippen MR) is 180 cm³/mol. The summed E-state index contributed by atoms with van der Waals surface area (Å²) in [6.07, 6.45) is 1.28. The quantitative estimate of drug-likeness (QED) is 0.162. The second-order valence-electron chi connectivity index (χ2n) is 10.9. The van der Waals surface area contributed by atoms with Crippen LogP contribution in [0.25, 0.3) is 0 Å². The lowest BCUT2D eigenvalue weighted by Gasteiger charge is -2.54. The van der Waals surface area contributed by atoms with Crippen LogP contribution in [-0.4, -0.2) is 132 Å². The summed E-state index contributed by atoms with van der Waals surface area (Å²) in [6.45, 7) is 3.47. The molecule has 2 unspecified atom stereocenters. The number of tetrazole rings is 1. The lowest BCUT2D eigenvalue weighted by Crippen LogP contribution is -2.77. The number of hydrogen-bond donors (Lipinski definition) is 3. The number of rotatable bonds is 12.